The number of pyridine rings is 1. The summed E-state index contributed by atoms with van der Waals surface area (Å²) in [6.07, 6.45) is -3.05. The van der Waals surface area contributed by atoms with Crippen molar-refractivity contribution in [2.24, 2.45) is 0 Å². The molecule has 1 amide bonds. The zero-order chi connectivity index (χ0) is 18.0. The fraction of sp³-hybridized carbons (Fsp3) is 0.222. The highest BCUT2D eigenvalue weighted by Crippen LogP contribution is 2.33. The van der Waals surface area contributed by atoms with Gasteiger partial charge in [0.05, 0.1) is 0 Å². The molecule has 0 saturated heterocycles. The third-order valence-electron chi connectivity index (χ3n) is 3.82. The van der Waals surface area contributed by atoms with Gasteiger partial charge in [-0.15, -0.1) is 0 Å². The lowest BCUT2D eigenvalue weighted by molar-refractivity contribution is -0.143. The van der Waals surface area contributed by atoms with Gasteiger partial charge >= 0.3 is 6.18 Å². The second kappa shape index (κ2) is 6.58. The lowest BCUT2D eigenvalue weighted by Crippen LogP contribution is -2.36. The summed E-state index contributed by atoms with van der Waals surface area (Å²) >= 11 is 0. The van der Waals surface area contributed by atoms with Crippen LogP contribution in [0.5, 0.6) is 0 Å². The fourth-order valence-electron chi connectivity index (χ4n) is 2.72. The number of hydrogen-bond acceptors (Lipinski definition) is 2. The van der Waals surface area contributed by atoms with Crippen LogP contribution in [0.2, 0.25) is 0 Å². The second-order valence-corrected chi connectivity index (χ2v) is 5.79. The first kappa shape index (κ1) is 17.0. The Labute approximate surface area is 142 Å². The smallest absolute Gasteiger partial charge is 0.348 e. The monoisotopic (exact) mass is 347 g/mol. The topological polar surface area (TPSA) is 46.9 Å². The molecule has 0 aliphatic carbocycles. The zero-order valence-corrected chi connectivity index (χ0v) is 13.4. The van der Waals surface area contributed by atoms with Crippen LogP contribution in [-0.2, 0) is 12.7 Å². The van der Waals surface area contributed by atoms with E-state index < -0.39 is 17.9 Å². The molecule has 4 nitrogen and oxygen atoms in total. The first-order valence-electron chi connectivity index (χ1n) is 7.73. The number of carbonyl (C=O) groups is 1. The molecule has 7 heteroatoms. The standard InChI is InChI=1S/C18H16F3N3O/c1-12(23-17(25)13-6-3-2-4-7-13)11-24-15(18(19,20)21)10-14-8-5-9-22-16(14)24/h2-10,12H,11H2,1H3,(H,23,25)/t12-/m0/s1. The van der Waals surface area contributed by atoms with Gasteiger partial charge in [-0.25, -0.2) is 4.98 Å². The Morgan fingerprint density at radius 2 is 1.92 bits per heavy atom. The highest BCUT2D eigenvalue weighted by molar-refractivity contribution is 5.94. The number of aromatic nitrogens is 2. The molecule has 0 radical (unpaired) electrons. The largest absolute Gasteiger partial charge is 0.431 e. The number of rotatable bonds is 4. The van der Waals surface area contributed by atoms with Crippen LogP contribution in [0, 0.1) is 0 Å². The van der Waals surface area contributed by atoms with Crippen molar-refractivity contribution in [3.8, 4) is 0 Å². The van der Waals surface area contributed by atoms with Gasteiger partial charge in [-0.1, -0.05) is 18.2 Å². The van der Waals surface area contributed by atoms with Crippen molar-refractivity contribution in [1.82, 2.24) is 14.9 Å². The minimum absolute atomic E-state index is 0.0338. The van der Waals surface area contributed by atoms with E-state index in [4.69, 9.17) is 0 Å². The van der Waals surface area contributed by atoms with Crippen molar-refractivity contribution in [3.05, 3.63) is 66.0 Å². The summed E-state index contributed by atoms with van der Waals surface area (Å²) in [6.45, 7) is 1.63. The summed E-state index contributed by atoms with van der Waals surface area (Å²) in [5.41, 5.74) is -0.0708. The molecule has 1 aromatic carbocycles. The number of hydrogen-bond donors (Lipinski definition) is 1. The van der Waals surface area contributed by atoms with Crippen LogP contribution in [0.1, 0.15) is 23.0 Å². The maximum atomic E-state index is 13.3. The summed E-state index contributed by atoms with van der Waals surface area (Å²) in [7, 11) is 0. The molecule has 0 bridgehead atoms. The van der Waals surface area contributed by atoms with Crippen molar-refractivity contribution < 1.29 is 18.0 Å². The molecule has 2 aromatic heterocycles. The Hall–Kier alpha value is -2.83. The SMILES string of the molecule is C[C@@H](Cn1c(C(F)(F)F)cc2cccnc21)NC(=O)c1ccccc1. The van der Waals surface area contributed by atoms with Gasteiger partial charge in [0.2, 0.25) is 0 Å². The molecular weight excluding hydrogens is 331 g/mol. The minimum Gasteiger partial charge on any atom is -0.348 e. The molecule has 0 fully saturated rings. The van der Waals surface area contributed by atoms with Crippen LogP contribution >= 0.6 is 0 Å². The number of nitrogens with one attached hydrogen (secondary N) is 1. The van der Waals surface area contributed by atoms with E-state index in [2.05, 4.69) is 10.3 Å². The number of halogens is 3. The van der Waals surface area contributed by atoms with Gasteiger partial charge in [0.25, 0.3) is 5.91 Å². The molecule has 130 valence electrons. The number of fused-ring (bicyclic) bond motifs is 1. The molecule has 0 aliphatic rings. The van der Waals surface area contributed by atoms with Gasteiger partial charge < -0.3 is 9.88 Å². The second-order valence-electron chi connectivity index (χ2n) is 5.79. The number of alkyl halides is 3. The van der Waals surface area contributed by atoms with Crippen LogP contribution in [0.15, 0.2) is 54.7 Å². The Morgan fingerprint density at radius 1 is 1.20 bits per heavy atom. The number of benzene rings is 1. The first-order chi connectivity index (χ1) is 11.9. The van der Waals surface area contributed by atoms with E-state index in [9.17, 15) is 18.0 Å². The average molecular weight is 347 g/mol. The maximum Gasteiger partial charge on any atom is 0.431 e. The van der Waals surface area contributed by atoms with Crippen LogP contribution < -0.4 is 5.32 Å². The molecule has 1 atom stereocenters. The summed E-state index contributed by atoms with van der Waals surface area (Å²) in [6, 6.07) is 12.3. The Bertz CT molecular complexity index is 887. The number of nitrogens with zero attached hydrogens (tertiary/aromatic N) is 2. The van der Waals surface area contributed by atoms with Gasteiger partial charge in [-0.2, -0.15) is 13.2 Å². The predicted octanol–water partition coefficient (Wildman–Crippen LogP) is 3.87. The number of amides is 1. The van der Waals surface area contributed by atoms with E-state index >= 15 is 0 Å². The van der Waals surface area contributed by atoms with Gasteiger partial charge in [0.15, 0.2) is 0 Å². The molecule has 25 heavy (non-hydrogen) atoms. The van der Waals surface area contributed by atoms with Crippen molar-refractivity contribution in [2.45, 2.75) is 25.7 Å². The molecule has 3 aromatic rings. The maximum absolute atomic E-state index is 13.3. The average Bonchev–Trinajstić information content (AvgIpc) is 2.94. The van der Waals surface area contributed by atoms with Gasteiger partial charge in [0, 0.05) is 29.7 Å². The van der Waals surface area contributed by atoms with Gasteiger partial charge in [-0.3, -0.25) is 4.79 Å². The minimum atomic E-state index is -4.50. The third kappa shape index (κ3) is 3.65. The van der Waals surface area contributed by atoms with Gasteiger partial charge in [-0.05, 0) is 37.3 Å². The normalized spacial score (nSPS) is 13.0. The Kier molecular flexibility index (Phi) is 4.48. The molecule has 1 N–H and O–H groups in total. The van der Waals surface area contributed by atoms with Crippen molar-refractivity contribution in [2.75, 3.05) is 0 Å². The summed E-state index contributed by atoms with van der Waals surface area (Å²) in [4.78, 5) is 16.2. The summed E-state index contributed by atoms with van der Waals surface area (Å²) in [5, 5.41) is 3.14. The first-order valence-corrected chi connectivity index (χ1v) is 7.73. The van der Waals surface area contributed by atoms with Crippen molar-refractivity contribution in [1.29, 1.82) is 0 Å². The van der Waals surface area contributed by atoms with Crippen LogP contribution in [0.25, 0.3) is 11.0 Å². The van der Waals surface area contributed by atoms with Crippen molar-refractivity contribution in [3.63, 3.8) is 0 Å². The summed E-state index contributed by atoms with van der Waals surface area (Å²) < 4.78 is 41.1. The van der Waals surface area contributed by atoms with E-state index in [1.54, 1.807) is 49.4 Å². The predicted molar refractivity (Wildman–Crippen MR) is 88.1 cm³/mol. The van der Waals surface area contributed by atoms with Gasteiger partial charge in [0.1, 0.15) is 11.3 Å². The van der Waals surface area contributed by atoms with Crippen LogP contribution in [0.4, 0.5) is 13.2 Å². The van der Waals surface area contributed by atoms with E-state index in [0.29, 0.717) is 10.9 Å². The Balaban J connectivity index is 1.86. The zero-order valence-electron chi connectivity index (χ0n) is 13.4. The van der Waals surface area contributed by atoms with E-state index in [1.807, 2.05) is 0 Å². The number of carbonyl (C=O) groups excluding carboxylic acids is 1. The van der Waals surface area contributed by atoms with E-state index in [-0.39, 0.29) is 18.1 Å². The molecule has 0 unspecified atom stereocenters. The summed E-state index contributed by atoms with van der Waals surface area (Å²) in [5.74, 6) is -0.328. The highest BCUT2D eigenvalue weighted by atomic mass is 19.4. The van der Waals surface area contributed by atoms with Crippen LogP contribution in [-0.4, -0.2) is 21.5 Å². The molecular formula is C18H16F3N3O. The molecule has 0 aliphatic heterocycles. The lowest BCUT2D eigenvalue weighted by Gasteiger charge is -2.18. The van der Waals surface area contributed by atoms with E-state index in [1.165, 1.54) is 6.20 Å². The van der Waals surface area contributed by atoms with E-state index in [0.717, 1.165) is 10.6 Å². The molecule has 2 heterocycles. The third-order valence-corrected chi connectivity index (χ3v) is 3.82. The van der Waals surface area contributed by atoms with Crippen LogP contribution in [0.3, 0.4) is 0 Å². The van der Waals surface area contributed by atoms with Crippen molar-refractivity contribution >= 4 is 16.9 Å². The molecule has 3 rings (SSSR count). The molecule has 0 spiro atoms. The Morgan fingerprint density at radius 3 is 2.60 bits per heavy atom. The highest BCUT2D eigenvalue weighted by Gasteiger charge is 2.36. The molecule has 0 saturated carbocycles. The quantitative estimate of drug-likeness (QED) is 0.779. The lowest BCUT2D eigenvalue weighted by atomic mass is 10.2. The fourth-order valence-corrected chi connectivity index (χ4v) is 2.72.